The molecule has 4 nitrogen and oxygen atoms in total. The first-order valence-electron chi connectivity index (χ1n) is 8.87. The number of rotatable bonds is 4. The SMILES string of the molecule is CCOC(=O)c1sc2c(ccc(=O)n2-c2ccccc2)c1-c1ccc(F)cc1F. The number of thiophene rings is 1. The lowest BCUT2D eigenvalue weighted by Crippen LogP contribution is -2.16. The molecule has 29 heavy (non-hydrogen) atoms. The normalized spacial score (nSPS) is 11.0. The molecule has 0 radical (unpaired) electrons. The van der Waals surface area contributed by atoms with Gasteiger partial charge in [-0.05, 0) is 37.3 Å². The van der Waals surface area contributed by atoms with Crippen LogP contribution in [0.15, 0.2) is 65.5 Å². The molecule has 0 atom stereocenters. The molecule has 7 heteroatoms. The number of carbonyl (C=O) groups is 1. The number of hydrogen-bond donors (Lipinski definition) is 0. The summed E-state index contributed by atoms with van der Waals surface area (Å²) in [4.78, 5) is 25.9. The monoisotopic (exact) mass is 411 g/mol. The molecule has 0 saturated carbocycles. The Morgan fingerprint density at radius 1 is 1.07 bits per heavy atom. The van der Waals surface area contributed by atoms with Gasteiger partial charge in [-0.25, -0.2) is 13.6 Å². The Hall–Kier alpha value is -3.32. The van der Waals surface area contributed by atoms with E-state index < -0.39 is 17.6 Å². The zero-order valence-electron chi connectivity index (χ0n) is 15.3. The quantitative estimate of drug-likeness (QED) is 0.435. The fraction of sp³-hybridized carbons (Fsp3) is 0.0909. The Kier molecular flexibility index (Phi) is 4.98. The van der Waals surface area contributed by atoms with E-state index in [0.29, 0.717) is 15.9 Å². The average molecular weight is 411 g/mol. The lowest BCUT2D eigenvalue weighted by Gasteiger charge is -2.08. The summed E-state index contributed by atoms with van der Waals surface area (Å²) in [6.07, 6.45) is 0. The zero-order chi connectivity index (χ0) is 20.5. The van der Waals surface area contributed by atoms with Crippen molar-refractivity contribution in [3.05, 3.63) is 87.5 Å². The third-order valence-corrected chi connectivity index (χ3v) is 5.59. The topological polar surface area (TPSA) is 48.3 Å². The minimum absolute atomic E-state index is 0.0685. The summed E-state index contributed by atoms with van der Waals surface area (Å²) in [6.45, 7) is 1.81. The molecule has 0 spiro atoms. The summed E-state index contributed by atoms with van der Waals surface area (Å²) in [6, 6.07) is 15.0. The van der Waals surface area contributed by atoms with Crippen molar-refractivity contribution in [1.82, 2.24) is 4.57 Å². The minimum Gasteiger partial charge on any atom is -0.462 e. The molecule has 4 aromatic rings. The van der Waals surface area contributed by atoms with Gasteiger partial charge in [-0.15, -0.1) is 11.3 Å². The van der Waals surface area contributed by atoms with E-state index in [0.717, 1.165) is 23.5 Å². The van der Waals surface area contributed by atoms with Crippen molar-refractivity contribution in [3.63, 3.8) is 0 Å². The third kappa shape index (κ3) is 3.34. The predicted molar refractivity (Wildman–Crippen MR) is 109 cm³/mol. The van der Waals surface area contributed by atoms with Crippen molar-refractivity contribution in [2.24, 2.45) is 0 Å². The average Bonchev–Trinajstić information content (AvgIpc) is 3.08. The number of esters is 1. The van der Waals surface area contributed by atoms with Crippen LogP contribution in [0.5, 0.6) is 0 Å². The van der Waals surface area contributed by atoms with Crippen LogP contribution in [-0.2, 0) is 4.74 Å². The fourth-order valence-corrected chi connectivity index (χ4v) is 4.43. The summed E-state index contributed by atoms with van der Waals surface area (Å²) < 4.78 is 34.7. The molecular weight excluding hydrogens is 396 g/mol. The van der Waals surface area contributed by atoms with Gasteiger partial charge in [0.25, 0.3) is 5.56 Å². The van der Waals surface area contributed by atoms with E-state index in [9.17, 15) is 18.4 Å². The molecule has 2 heterocycles. The van der Waals surface area contributed by atoms with Gasteiger partial charge in [0.1, 0.15) is 21.3 Å². The summed E-state index contributed by atoms with van der Waals surface area (Å²) in [5.41, 5.74) is 0.682. The number of para-hydroxylation sites is 1. The molecule has 0 bridgehead atoms. The molecule has 0 aliphatic rings. The molecule has 0 fully saturated rings. The molecule has 0 N–H and O–H groups in total. The Balaban J connectivity index is 2.10. The smallest absolute Gasteiger partial charge is 0.349 e. The summed E-state index contributed by atoms with van der Waals surface area (Å²) in [5.74, 6) is -2.14. The number of pyridine rings is 1. The standard InChI is InChI=1S/C22H15F2NO3S/c1-2-28-22(27)20-19(15-9-8-13(23)12-17(15)24)16-10-11-18(26)25(21(16)29-20)14-6-4-3-5-7-14/h3-12H,2H2,1H3. The highest BCUT2D eigenvalue weighted by Gasteiger charge is 2.25. The number of ether oxygens (including phenoxy) is 1. The second kappa shape index (κ2) is 7.60. The molecule has 0 aliphatic carbocycles. The first-order chi connectivity index (χ1) is 14.0. The third-order valence-electron chi connectivity index (χ3n) is 4.42. The second-order valence-electron chi connectivity index (χ2n) is 6.21. The number of benzene rings is 2. The van der Waals surface area contributed by atoms with Crippen molar-refractivity contribution in [3.8, 4) is 16.8 Å². The molecular formula is C22H15F2NO3S. The van der Waals surface area contributed by atoms with Gasteiger partial charge in [0.15, 0.2) is 0 Å². The fourth-order valence-electron chi connectivity index (χ4n) is 3.20. The van der Waals surface area contributed by atoms with Crippen molar-refractivity contribution >= 4 is 27.5 Å². The largest absolute Gasteiger partial charge is 0.462 e. The van der Waals surface area contributed by atoms with E-state index in [1.54, 1.807) is 37.3 Å². The molecule has 0 saturated heterocycles. The highest BCUT2D eigenvalue weighted by Crippen LogP contribution is 2.40. The molecule has 0 aliphatic heterocycles. The zero-order valence-corrected chi connectivity index (χ0v) is 16.1. The van der Waals surface area contributed by atoms with E-state index in [4.69, 9.17) is 4.74 Å². The van der Waals surface area contributed by atoms with Gasteiger partial charge in [-0.1, -0.05) is 18.2 Å². The van der Waals surface area contributed by atoms with E-state index in [1.807, 2.05) is 6.07 Å². The lowest BCUT2D eigenvalue weighted by molar-refractivity contribution is 0.0533. The summed E-state index contributed by atoms with van der Waals surface area (Å²) in [7, 11) is 0. The highest BCUT2D eigenvalue weighted by atomic mass is 32.1. The van der Waals surface area contributed by atoms with Crippen LogP contribution < -0.4 is 5.56 Å². The lowest BCUT2D eigenvalue weighted by atomic mass is 10.0. The second-order valence-corrected chi connectivity index (χ2v) is 7.21. The Morgan fingerprint density at radius 2 is 1.83 bits per heavy atom. The van der Waals surface area contributed by atoms with E-state index >= 15 is 0 Å². The molecule has 0 unspecified atom stereocenters. The molecule has 146 valence electrons. The molecule has 4 rings (SSSR count). The van der Waals surface area contributed by atoms with Crippen LogP contribution in [0.25, 0.3) is 27.0 Å². The van der Waals surface area contributed by atoms with Gasteiger partial charge in [0.05, 0.1) is 12.3 Å². The molecule has 2 aromatic carbocycles. The minimum atomic E-state index is -0.798. The van der Waals surface area contributed by atoms with Crippen LogP contribution in [0.1, 0.15) is 16.6 Å². The van der Waals surface area contributed by atoms with E-state index in [1.165, 1.54) is 16.7 Å². The highest BCUT2D eigenvalue weighted by molar-refractivity contribution is 7.21. The van der Waals surface area contributed by atoms with Gasteiger partial charge in [0.2, 0.25) is 0 Å². The number of hydrogen-bond acceptors (Lipinski definition) is 4. The maximum Gasteiger partial charge on any atom is 0.349 e. The van der Waals surface area contributed by atoms with Crippen LogP contribution in [0, 0.1) is 11.6 Å². The Labute approximate surface area is 168 Å². The number of nitrogens with zero attached hydrogens (tertiary/aromatic N) is 1. The molecule has 0 amide bonds. The maximum absolute atomic E-state index is 14.6. The van der Waals surface area contributed by atoms with Gasteiger partial charge in [0, 0.05) is 28.6 Å². The van der Waals surface area contributed by atoms with Crippen LogP contribution in [0.2, 0.25) is 0 Å². The van der Waals surface area contributed by atoms with Crippen molar-refractivity contribution in [2.45, 2.75) is 6.92 Å². The number of carbonyl (C=O) groups excluding carboxylic acids is 1. The predicted octanol–water partition coefficient (Wildman–Crippen LogP) is 5.17. The van der Waals surface area contributed by atoms with Crippen molar-refractivity contribution < 1.29 is 18.3 Å². The van der Waals surface area contributed by atoms with Crippen LogP contribution >= 0.6 is 11.3 Å². The Bertz CT molecular complexity index is 1280. The van der Waals surface area contributed by atoms with Gasteiger partial charge in [-0.2, -0.15) is 0 Å². The van der Waals surface area contributed by atoms with E-state index in [2.05, 4.69) is 0 Å². The molecule has 2 aromatic heterocycles. The van der Waals surface area contributed by atoms with Crippen LogP contribution in [0.3, 0.4) is 0 Å². The van der Waals surface area contributed by atoms with Crippen molar-refractivity contribution in [1.29, 1.82) is 0 Å². The first-order valence-corrected chi connectivity index (χ1v) is 9.69. The van der Waals surface area contributed by atoms with E-state index in [-0.39, 0.29) is 28.2 Å². The van der Waals surface area contributed by atoms with Gasteiger partial charge < -0.3 is 4.74 Å². The van der Waals surface area contributed by atoms with Crippen LogP contribution in [-0.4, -0.2) is 17.1 Å². The number of aromatic nitrogens is 1. The number of halogens is 2. The summed E-state index contributed by atoms with van der Waals surface area (Å²) >= 11 is 1.04. The van der Waals surface area contributed by atoms with Crippen LogP contribution in [0.4, 0.5) is 8.78 Å². The van der Waals surface area contributed by atoms with Gasteiger partial charge in [-0.3, -0.25) is 9.36 Å². The summed E-state index contributed by atoms with van der Waals surface area (Å²) in [5, 5.41) is 0.506. The maximum atomic E-state index is 14.6. The Morgan fingerprint density at radius 3 is 2.52 bits per heavy atom. The van der Waals surface area contributed by atoms with Crippen molar-refractivity contribution in [2.75, 3.05) is 6.61 Å². The van der Waals surface area contributed by atoms with Gasteiger partial charge >= 0.3 is 5.97 Å². The number of fused-ring (bicyclic) bond motifs is 1. The first kappa shape index (κ1) is 19.0.